The molecule has 1 aliphatic carbocycles. The monoisotopic (exact) mass is 389 g/mol. The van der Waals surface area contributed by atoms with Gasteiger partial charge >= 0.3 is 26.2 Å². The summed E-state index contributed by atoms with van der Waals surface area (Å²) in [6.45, 7) is 10.9. The summed E-state index contributed by atoms with van der Waals surface area (Å²) in [5.41, 5.74) is 4.39. The summed E-state index contributed by atoms with van der Waals surface area (Å²) in [6.07, 6.45) is 3.44. The van der Waals surface area contributed by atoms with Crippen molar-refractivity contribution >= 4 is 0 Å². The minimum atomic E-state index is 0. The van der Waals surface area contributed by atoms with Crippen molar-refractivity contribution in [2.45, 2.75) is 34.6 Å². The molecular formula is C16H21Cl2OZr. The van der Waals surface area contributed by atoms with Crippen LogP contribution in [0.2, 0.25) is 0 Å². The maximum absolute atomic E-state index is 8.63. The average molecular weight is 391 g/mol. The van der Waals surface area contributed by atoms with E-state index in [9.17, 15) is 0 Å². The molecule has 20 heavy (non-hydrogen) atoms. The Bertz CT molecular complexity index is 451. The van der Waals surface area contributed by atoms with E-state index in [0.29, 0.717) is 5.75 Å². The van der Waals surface area contributed by atoms with Crippen LogP contribution < -0.4 is 24.8 Å². The van der Waals surface area contributed by atoms with Gasteiger partial charge in [0.1, 0.15) is 5.75 Å². The number of hydrogen-bond donors (Lipinski definition) is 1. The Morgan fingerprint density at radius 3 is 1.55 bits per heavy atom. The standard InChI is InChI=1S/C10H15.C6H6O.2ClH.Zr/c1-7-6-10(4,5)9(3)8(7)2;7-6-4-2-1-3-5-6;;;/h1-5H3;1-5,7H;2*1H;/q-1;;;;+3/p-2. The molecule has 0 aliphatic heterocycles. The number of para-hydroxylation sites is 1. The van der Waals surface area contributed by atoms with E-state index in [1.807, 2.05) is 6.07 Å². The van der Waals surface area contributed by atoms with Crippen LogP contribution in [0, 0.1) is 11.5 Å². The van der Waals surface area contributed by atoms with Gasteiger partial charge in [0.2, 0.25) is 0 Å². The first kappa shape index (κ1) is 24.9. The van der Waals surface area contributed by atoms with Gasteiger partial charge in [-0.3, -0.25) is 6.08 Å². The molecule has 1 radical (unpaired) electrons. The topological polar surface area (TPSA) is 20.2 Å². The van der Waals surface area contributed by atoms with Crippen molar-refractivity contribution in [2.24, 2.45) is 5.41 Å². The van der Waals surface area contributed by atoms with Gasteiger partial charge in [-0.05, 0) is 12.1 Å². The number of allylic oxidation sites excluding steroid dienone is 4. The van der Waals surface area contributed by atoms with Crippen molar-refractivity contribution in [3.05, 3.63) is 53.1 Å². The molecule has 0 amide bonds. The van der Waals surface area contributed by atoms with E-state index in [4.69, 9.17) is 5.11 Å². The Morgan fingerprint density at radius 2 is 1.40 bits per heavy atom. The SMILES string of the molecule is CC1=[C-]C(C)(C)C(C)=C1C.Oc1ccccc1.[Cl-].[Cl-].[Zr+3]. The number of phenols is 1. The Morgan fingerprint density at radius 1 is 0.950 bits per heavy atom. The van der Waals surface area contributed by atoms with Crippen molar-refractivity contribution in [3.63, 3.8) is 0 Å². The summed E-state index contributed by atoms with van der Waals surface area (Å²) in [5, 5.41) is 8.63. The number of halogens is 2. The van der Waals surface area contributed by atoms with Crippen LogP contribution in [0.4, 0.5) is 0 Å². The molecule has 109 valence electrons. The summed E-state index contributed by atoms with van der Waals surface area (Å²) >= 11 is 0. The Balaban J connectivity index is -0.000000262. The first-order chi connectivity index (χ1) is 7.84. The molecule has 0 saturated heterocycles. The largest absolute Gasteiger partial charge is 3.00 e. The van der Waals surface area contributed by atoms with Crippen LogP contribution in [0.1, 0.15) is 34.6 Å². The average Bonchev–Trinajstić information content (AvgIpc) is 2.44. The molecule has 1 aliphatic rings. The summed E-state index contributed by atoms with van der Waals surface area (Å²) in [7, 11) is 0. The van der Waals surface area contributed by atoms with Gasteiger partial charge < -0.3 is 29.9 Å². The Kier molecular flexibility index (Phi) is 13.3. The maximum atomic E-state index is 8.63. The van der Waals surface area contributed by atoms with Crippen LogP contribution in [0.5, 0.6) is 5.75 Å². The van der Waals surface area contributed by atoms with Crippen molar-refractivity contribution in [2.75, 3.05) is 0 Å². The predicted octanol–water partition coefficient (Wildman–Crippen LogP) is -1.49. The van der Waals surface area contributed by atoms with Gasteiger partial charge in [0.15, 0.2) is 0 Å². The van der Waals surface area contributed by atoms with Crippen LogP contribution in [-0.2, 0) is 26.2 Å². The predicted molar refractivity (Wildman–Crippen MR) is 72.7 cm³/mol. The molecule has 0 unspecified atom stereocenters. The normalized spacial score (nSPS) is 14.8. The maximum Gasteiger partial charge on any atom is 3.00 e. The summed E-state index contributed by atoms with van der Waals surface area (Å²) in [4.78, 5) is 0. The fourth-order valence-electron chi connectivity index (χ4n) is 1.83. The molecule has 0 bridgehead atoms. The van der Waals surface area contributed by atoms with E-state index < -0.39 is 0 Å². The van der Waals surface area contributed by atoms with Crippen molar-refractivity contribution in [3.8, 4) is 5.75 Å². The number of benzene rings is 1. The van der Waals surface area contributed by atoms with Gasteiger partial charge in [0.25, 0.3) is 0 Å². The zero-order valence-corrected chi connectivity index (χ0v) is 16.6. The Labute approximate surface area is 154 Å². The van der Waals surface area contributed by atoms with Crippen LogP contribution >= 0.6 is 0 Å². The molecule has 0 saturated carbocycles. The molecule has 4 heteroatoms. The van der Waals surface area contributed by atoms with Crippen LogP contribution in [0.15, 0.2) is 47.1 Å². The van der Waals surface area contributed by atoms with Gasteiger partial charge in [-0.15, -0.1) is 6.92 Å². The zero-order valence-electron chi connectivity index (χ0n) is 12.6. The molecule has 0 spiro atoms. The van der Waals surface area contributed by atoms with E-state index in [1.165, 1.54) is 16.7 Å². The summed E-state index contributed by atoms with van der Waals surface area (Å²) < 4.78 is 0. The van der Waals surface area contributed by atoms with E-state index in [0.717, 1.165) is 0 Å². The van der Waals surface area contributed by atoms with Crippen molar-refractivity contribution in [1.82, 2.24) is 0 Å². The molecular weight excluding hydrogens is 370 g/mol. The molecule has 1 aromatic carbocycles. The number of rotatable bonds is 0. The van der Waals surface area contributed by atoms with Gasteiger partial charge in [-0.25, -0.2) is 5.57 Å². The molecule has 1 nitrogen and oxygen atoms in total. The van der Waals surface area contributed by atoms with E-state index >= 15 is 0 Å². The third kappa shape index (κ3) is 7.11. The van der Waals surface area contributed by atoms with Crippen LogP contribution in [0.3, 0.4) is 0 Å². The number of phenolic OH excluding ortho intramolecular Hbond substituents is 1. The molecule has 0 fully saturated rings. The Hall–Kier alpha value is -0.0369. The minimum absolute atomic E-state index is 0. The second-order valence-corrected chi connectivity index (χ2v) is 4.96. The van der Waals surface area contributed by atoms with E-state index in [1.54, 1.807) is 24.3 Å². The van der Waals surface area contributed by atoms with Gasteiger partial charge in [-0.1, -0.05) is 51.3 Å². The summed E-state index contributed by atoms with van der Waals surface area (Å²) in [6, 6.07) is 8.71. The van der Waals surface area contributed by atoms with Crippen molar-refractivity contribution in [1.29, 1.82) is 0 Å². The van der Waals surface area contributed by atoms with Gasteiger partial charge in [0, 0.05) is 0 Å². The fourth-order valence-corrected chi connectivity index (χ4v) is 1.83. The van der Waals surface area contributed by atoms with Crippen LogP contribution in [0.25, 0.3) is 0 Å². The molecule has 1 N–H and O–H groups in total. The molecule has 1 aromatic rings. The first-order valence-corrected chi connectivity index (χ1v) is 5.88. The van der Waals surface area contributed by atoms with Crippen molar-refractivity contribution < 1.29 is 56.1 Å². The number of hydrogen-bond acceptors (Lipinski definition) is 1. The molecule has 0 heterocycles. The third-order valence-electron chi connectivity index (χ3n) is 3.32. The third-order valence-corrected chi connectivity index (χ3v) is 3.32. The van der Waals surface area contributed by atoms with E-state index in [-0.39, 0.29) is 56.4 Å². The minimum Gasteiger partial charge on any atom is -1.00 e. The van der Waals surface area contributed by atoms with Gasteiger partial charge in [-0.2, -0.15) is 11.1 Å². The summed E-state index contributed by atoms with van der Waals surface area (Å²) in [5.74, 6) is 0.322. The second kappa shape index (κ2) is 10.7. The van der Waals surface area contributed by atoms with Gasteiger partial charge in [0.05, 0.1) is 0 Å². The fraction of sp³-hybridized carbons (Fsp3) is 0.375. The zero-order chi connectivity index (χ0) is 13.1. The molecule has 0 aromatic heterocycles. The number of aromatic hydroxyl groups is 1. The van der Waals surface area contributed by atoms with Crippen LogP contribution in [-0.4, -0.2) is 5.11 Å². The second-order valence-electron chi connectivity index (χ2n) is 4.96. The molecule has 2 rings (SSSR count). The molecule has 0 atom stereocenters. The quantitative estimate of drug-likeness (QED) is 0.535. The smallest absolute Gasteiger partial charge is 1.00 e. The first-order valence-electron chi connectivity index (χ1n) is 5.88. The van der Waals surface area contributed by atoms with E-state index in [2.05, 4.69) is 40.7 Å².